The molecule has 23 heavy (non-hydrogen) atoms. The number of esters is 1. The lowest BCUT2D eigenvalue weighted by molar-refractivity contribution is 0.0596. The fourth-order valence-corrected chi connectivity index (χ4v) is 4.56. The van der Waals surface area contributed by atoms with Crippen LogP contribution in [0.4, 0.5) is 5.69 Å². The average molecular weight is 331 g/mol. The fraction of sp³-hybridized carbons (Fsp3) is 0.235. The molecule has 0 spiro atoms. The quantitative estimate of drug-likeness (QED) is 0.811. The van der Waals surface area contributed by atoms with Gasteiger partial charge in [0.2, 0.25) is 0 Å². The van der Waals surface area contributed by atoms with Crippen molar-refractivity contribution in [2.24, 2.45) is 0 Å². The van der Waals surface area contributed by atoms with Gasteiger partial charge in [0, 0.05) is 6.54 Å². The fourth-order valence-electron chi connectivity index (χ4n) is 2.84. The zero-order chi connectivity index (χ0) is 16.4. The van der Waals surface area contributed by atoms with Gasteiger partial charge in [0.15, 0.2) is 0 Å². The van der Waals surface area contributed by atoms with Crippen LogP contribution in [-0.2, 0) is 21.2 Å². The highest BCUT2D eigenvalue weighted by molar-refractivity contribution is 7.93. The van der Waals surface area contributed by atoms with Gasteiger partial charge in [0.05, 0.1) is 18.4 Å². The smallest absolute Gasteiger partial charge is 0.339 e. The largest absolute Gasteiger partial charge is 0.465 e. The highest BCUT2D eigenvalue weighted by Gasteiger charge is 2.32. The maximum absolute atomic E-state index is 13.1. The summed E-state index contributed by atoms with van der Waals surface area (Å²) in [5.41, 5.74) is 1.73. The van der Waals surface area contributed by atoms with Crippen LogP contribution in [0.3, 0.4) is 0 Å². The lowest BCUT2D eigenvalue weighted by Crippen LogP contribution is -2.36. The van der Waals surface area contributed by atoms with Crippen molar-refractivity contribution in [3.8, 4) is 0 Å². The predicted molar refractivity (Wildman–Crippen MR) is 87.1 cm³/mol. The molecule has 0 saturated carbocycles. The summed E-state index contributed by atoms with van der Waals surface area (Å²) in [7, 11) is -2.59. The zero-order valence-electron chi connectivity index (χ0n) is 12.7. The molecule has 120 valence electrons. The monoisotopic (exact) mass is 331 g/mol. The normalized spacial score (nSPS) is 14.2. The van der Waals surface area contributed by atoms with Gasteiger partial charge in [-0.15, -0.1) is 0 Å². The van der Waals surface area contributed by atoms with Crippen molar-refractivity contribution < 1.29 is 17.9 Å². The first-order chi connectivity index (χ1) is 11.1. The molecule has 0 unspecified atom stereocenters. The van der Waals surface area contributed by atoms with Gasteiger partial charge in [-0.1, -0.05) is 30.3 Å². The molecule has 0 radical (unpaired) electrons. The number of rotatable bonds is 3. The van der Waals surface area contributed by atoms with Crippen molar-refractivity contribution in [1.29, 1.82) is 0 Å². The highest BCUT2D eigenvalue weighted by Crippen LogP contribution is 2.32. The molecule has 1 aliphatic heterocycles. The minimum absolute atomic E-state index is 0.0245. The van der Waals surface area contributed by atoms with Crippen LogP contribution in [-0.4, -0.2) is 28.0 Å². The SMILES string of the molecule is COC(=O)c1ccccc1S(=O)(=O)N1CCCc2ccccc21. The van der Waals surface area contributed by atoms with Crippen molar-refractivity contribution in [3.63, 3.8) is 0 Å². The number of sulfonamides is 1. The third-order valence-electron chi connectivity index (χ3n) is 3.93. The minimum atomic E-state index is -3.83. The van der Waals surface area contributed by atoms with Crippen LogP contribution in [0.1, 0.15) is 22.3 Å². The molecule has 0 atom stereocenters. The van der Waals surface area contributed by atoms with Crippen molar-refractivity contribution in [2.75, 3.05) is 18.0 Å². The molecule has 2 aromatic rings. The number of hydrogen-bond donors (Lipinski definition) is 0. The number of hydrogen-bond acceptors (Lipinski definition) is 4. The Morgan fingerprint density at radius 1 is 1.09 bits per heavy atom. The number of methoxy groups -OCH3 is 1. The molecule has 0 amide bonds. The first-order valence-electron chi connectivity index (χ1n) is 7.33. The van der Waals surface area contributed by atoms with Gasteiger partial charge in [-0.25, -0.2) is 13.2 Å². The summed E-state index contributed by atoms with van der Waals surface area (Å²) in [6.45, 7) is 0.398. The molecule has 6 heteroatoms. The number of fused-ring (bicyclic) bond motifs is 1. The number of para-hydroxylation sites is 1. The number of nitrogens with zero attached hydrogens (tertiary/aromatic N) is 1. The number of benzene rings is 2. The minimum Gasteiger partial charge on any atom is -0.465 e. The molecule has 0 N–H and O–H groups in total. The number of ether oxygens (including phenoxy) is 1. The summed E-state index contributed by atoms with van der Waals surface area (Å²) in [4.78, 5) is 11.9. The number of aryl methyl sites for hydroxylation is 1. The van der Waals surface area contributed by atoms with Crippen LogP contribution in [0, 0.1) is 0 Å². The van der Waals surface area contributed by atoms with Gasteiger partial charge in [0.1, 0.15) is 4.90 Å². The third-order valence-corrected chi connectivity index (χ3v) is 5.80. The second-order valence-electron chi connectivity index (χ2n) is 5.30. The molecule has 0 bridgehead atoms. The molecular weight excluding hydrogens is 314 g/mol. The molecule has 2 aromatic carbocycles. The van der Waals surface area contributed by atoms with E-state index >= 15 is 0 Å². The Labute approximate surface area is 135 Å². The molecule has 1 aliphatic rings. The standard InChI is InChI=1S/C17H17NO4S/c1-22-17(19)14-9-3-5-11-16(14)23(20,21)18-12-6-8-13-7-2-4-10-15(13)18/h2-5,7,9-11H,6,8,12H2,1H3. The zero-order valence-corrected chi connectivity index (χ0v) is 13.5. The predicted octanol–water partition coefficient (Wildman–Crippen LogP) is 2.61. The second-order valence-corrected chi connectivity index (χ2v) is 7.13. The summed E-state index contributed by atoms with van der Waals surface area (Å²) in [6.07, 6.45) is 1.59. The lowest BCUT2D eigenvalue weighted by atomic mass is 10.0. The summed E-state index contributed by atoms with van der Waals surface area (Å²) in [5.74, 6) is -0.658. The van der Waals surface area contributed by atoms with E-state index in [1.54, 1.807) is 18.2 Å². The topological polar surface area (TPSA) is 63.7 Å². The third kappa shape index (κ3) is 2.70. The van der Waals surface area contributed by atoms with Crippen molar-refractivity contribution in [3.05, 3.63) is 59.7 Å². The van der Waals surface area contributed by atoms with E-state index in [-0.39, 0.29) is 10.5 Å². The Kier molecular flexibility index (Phi) is 4.09. The highest BCUT2D eigenvalue weighted by atomic mass is 32.2. The van der Waals surface area contributed by atoms with Gasteiger partial charge < -0.3 is 4.74 Å². The van der Waals surface area contributed by atoms with Crippen molar-refractivity contribution in [2.45, 2.75) is 17.7 Å². The van der Waals surface area contributed by atoms with Gasteiger partial charge in [-0.2, -0.15) is 0 Å². The van der Waals surface area contributed by atoms with Gasteiger partial charge in [0.25, 0.3) is 10.0 Å². The van der Waals surface area contributed by atoms with E-state index in [9.17, 15) is 13.2 Å². The van der Waals surface area contributed by atoms with Crippen LogP contribution in [0.2, 0.25) is 0 Å². The molecule has 0 fully saturated rings. The van der Waals surface area contributed by atoms with E-state index in [1.165, 1.54) is 23.5 Å². The summed E-state index contributed by atoms with van der Waals surface area (Å²) in [5, 5.41) is 0. The first-order valence-corrected chi connectivity index (χ1v) is 8.77. The summed E-state index contributed by atoms with van der Waals surface area (Å²) in [6, 6.07) is 13.6. The van der Waals surface area contributed by atoms with Crippen molar-refractivity contribution in [1.82, 2.24) is 0 Å². The van der Waals surface area contributed by atoms with E-state index < -0.39 is 16.0 Å². The summed E-state index contributed by atoms with van der Waals surface area (Å²) >= 11 is 0. The van der Waals surface area contributed by atoms with Crippen LogP contribution in [0.5, 0.6) is 0 Å². The van der Waals surface area contributed by atoms with E-state index in [0.29, 0.717) is 12.2 Å². The van der Waals surface area contributed by atoms with Crippen LogP contribution in [0.15, 0.2) is 53.4 Å². The molecular formula is C17H17NO4S. The van der Waals surface area contributed by atoms with E-state index in [2.05, 4.69) is 0 Å². The Morgan fingerprint density at radius 3 is 2.57 bits per heavy atom. The van der Waals surface area contributed by atoms with Crippen LogP contribution in [0.25, 0.3) is 0 Å². The molecule has 3 rings (SSSR count). The Balaban J connectivity index is 2.13. The molecule has 0 aliphatic carbocycles. The second kappa shape index (κ2) is 6.04. The van der Waals surface area contributed by atoms with E-state index in [1.807, 2.05) is 18.2 Å². The Morgan fingerprint density at radius 2 is 1.78 bits per heavy atom. The van der Waals surface area contributed by atoms with Crippen LogP contribution < -0.4 is 4.31 Å². The van der Waals surface area contributed by atoms with Crippen LogP contribution >= 0.6 is 0 Å². The number of carbonyl (C=O) groups is 1. The Bertz CT molecular complexity index is 845. The lowest BCUT2D eigenvalue weighted by Gasteiger charge is -2.30. The van der Waals surface area contributed by atoms with Gasteiger partial charge >= 0.3 is 5.97 Å². The maximum atomic E-state index is 13.1. The van der Waals surface area contributed by atoms with Crippen molar-refractivity contribution >= 4 is 21.7 Å². The molecule has 0 aromatic heterocycles. The summed E-state index contributed by atoms with van der Waals surface area (Å²) < 4.78 is 32.3. The Hall–Kier alpha value is -2.34. The average Bonchev–Trinajstić information content (AvgIpc) is 2.60. The van der Waals surface area contributed by atoms with Gasteiger partial charge in [-0.05, 0) is 36.6 Å². The maximum Gasteiger partial charge on any atom is 0.339 e. The molecule has 0 saturated heterocycles. The number of carbonyl (C=O) groups excluding carboxylic acids is 1. The number of anilines is 1. The van der Waals surface area contributed by atoms with E-state index in [4.69, 9.17) is 4.74 Å². The first kappa shape index (κ1) is 15.6. The molecule has 5 nitrogen and oxygen atoms in total. The van der Waals surface area contributed by atoms with Gasteiger partial charge in [-0.3, -0.25) is 4.31 Å². The van der Waals surface area contributed by atoms with E-state index in [0.717, 1.165) is 18.4 Å². The molecule has 1 heterocycles.